The molecule has 0 heterocycles. The van der Waals surface area contributed by atoms with Crippen molar-refractivity contribution in [3.05, 3.63) is 0 Å². The van der Waals surface area contributed by atoms with E-state index >= 15 is 0 Å². The smallest absolute Gasteiger partial charge is 0.548 e. The third kappa shape index (κ3) is 23.5. The van der Waals surface area contributed by atoms with Gasteiger partial charge in [0.1, 0.15) is 0 Å². The molecule has 0 aliphatic heterocycles. The van der Waals surface area contributed by atoms with Gasteiger partial charge < -0.3 is 9.90 Å². The molecule has 0 aromatic heterocycles. The molecule has 0 aromatic carbocycles. The van der Waals surface area contributed by atoms with Crippen molar-refractivity contribution in [2.75, 3.05) is 13.1 Å². The van der Waals surface area contributed by atoms with E-state index in [1.807, 2.05) is 0 Å². The third-order valence-corrected chi connectivity index (χ3v) is 6.87. The number of carboxylic acid groups (broad SMARTS) is 1. The Morgan fingerprint density at radius 2 is 0.848 bits per heavy atom. The molecule has 0 radical (unpaired) electrons. The van der Waals surface area contributed by atoms with Crippen LogP contribution in [-0.4, -0.2) is 30.0 Å². The first-order valence-electron chi connectivity index (χ1n) is 14.6. The van der Waals surface area contributed by atoms with Gasteiger partial charge in [-0.25, -0.2) is 0 Å². The van der Waals surface area contributed by atoms with Crippen molar-refractivity contribution in [1.82, 2.24) is 4.90 Å². The number of carboxylic acids is 1. The Morgan fingerprint density at radius 3 is 1.12 bits per heavy atom. The van der Waals surface area contributed by atoms with E-state index in [0.29, 0.717) is 0 Å². The van der Waals surface area contributed by atoms with E-state index in [2.05, 4.69) is 25.7 Å². The summed E-state index contributed by atoms with van der Waals surface area (Å²) >= 11 is 0. The zero-order chi connectivity index (χ0) is 23.7. The fourth-order valence-corrected chi connectivity index (χ4v) is 4.75. The van der Waals surface area contributed by atoms with Crippen molar-refractivity contribution in [1.29, 1.82) is 0 Å². The molecular weight excluding hydrogens is 401 g/mol. The summed E-state index contributed by atoms with van der Waals surface area (Å²) in [5, 5.41) is 11.7. The zero-order valence-electron chi connectivity index (χ0n) is 23.3. The van der Waals surface area contributed by atoms with Gasteiger partial charge in [-0.3, -0.25) is 4.90 Å². The van der Waals surface area contributed by atoms with Crippen LogP contribution < -0.4 is 24.0 Å². The average molecular weight is 460 g/mol. The predicted octanol–water partition coefficient (Wildman–Crippen LogP) is 5.05. The number of nitrogens with zero attached hydrogens (tertiary/aromatic N) is 1. The third-order valence-electron chi connectivity index (χ3n) is 6.87. The summed E-state index contributed by atoms with van der Waals surface area (Å²) in [5.74, 6) is -0.869. The topological polar surface area (TPSA) is 43.4 Å². The molecule has 0 spiro atoms. The summed E-state index contributed by atoms with van der Waals surface area (Å²) in [6.45, 7) is 8.46. The van der Waals surface area contributed by atoms with Gasteiger partial charge in [0.05, 0.1) is 5.97 Å². The van der Waals surface area contributed by atoms with Gasteiger partial charge in [-0.05, 0) is 32.4 Å². The first kappa shape index (κ1) is 35.2. The Bertz CT molecular complexity index is 368. The van der Waals surface area contributed by atoms with E-state index in [1.54, 1.807) is 0 Å². The van der Waals surface area contributed by atoms with Crippen molar-refractivity contribution in [3.8, 4) is 0 Å². The summed E-state index contributed by atoms with van der Waals surface area (Å²) in [6.07, 6.45) is 28.1. The summed E-state index contributed by atoms with van der Waals surface area (Å²) in [7, 11) is 0. The maximum Gasteiger partial charge on any atom is 1.00 e. The van der Waals surface area contributed by atoms with Crippen molar-refractivity contribution in [2.24, 2.45) is 0 Å². The van der Waals surface area contributed by atoms with Crippen molar-refractivity contribution in [2.45, 2.75) is 168 Å². The predicted molar refractivity (Wildman–Crippen MR) is 139 cm³/mol. The summed E-state index contributed by atoms with van der Waals surface area (Å²) in [6, 6.07) is -0.392. The maximum absolute atomic E-state index is 11.7. The molecule has 0 bridgehead atoms. The van der Waals surface area contributed by atoms with Crippen LogP contribution in [-0.2, 0) is 4.79 Å². The molecule has 0 aromatic rings. The Kier molecular flexibility index (Phi) is 30.1. The molecule has 0 saturated heterocycles. The van der Waals surface area contributed by atoms with Gasteiger partial charge in [0.25, 0.3) is 0 Å². The van der Waals surface area contributed by atoms with Crippen LogP contribution in [0.4, 0.5) is 0 Å². The second-order valence-corrected chi connectivity index (χ2v) is 10.0. The van der Waals surface area contributed by atoms with Gasteiger partial charge in [-0.15, -0.1) is 0 Å². The molecule has 1 atom stereocenters. The molecule has 1 unspecified atom stereocenters. The van der Waals surface area contributed by atoms with E-state index in [9.17, 15) is 9.90 Å². The average Bonchev–Trinajstić information content (AvgIpc) is 2.78. The monoisotopic (exact) mass is 459 g/mol. The van der Waals surface area contributed by atoms with E-state index in [0.717, 1.165) is 38.8 Å². The molecule has 0 fully saturated rings. The number of carbonyl (C=O) groups excluding carboxylic acids is 1. The van der Waals surface area contributed by atoms with Crippen molar-refractivity contribution < 1.29 is 28.8 Å². The van der Waals surface area contributed by atoms with E-state index in [1.165, 1.54) is 116 Å². The molecule has 192 valence electrons. The zero-order valence-corrected chi connectivity index (χ0v) is 23.3. The van der Waals surface area contributed by atoms with Crippen molar-refractivity contribution >= 4 is 5.97 Å². The van der Waals surface area contributed by atoms with E-state index in [-0.39, 0.29) is 18.9 Å². The normalized spacial score (nSPS) is 12.1. The molecule has 4 heteroatoms. The molecule has 0 saturated carbocycles. The first-order chi connectivity index (χ1) is 15.7. The molecular formula is C29H58LiNO2. The Hall–Kier alpha value is 0.0274. The van der Waals surface area contributed by atoms with E-state index in [4.69, 9.17) is 0 Å². The minimum Gasteiger partial charge on any atom is -0.548 e. The minimum atomic E-state index is -0.869. The van der Waals surface area contributed by atoms with Gasteiger partial charge in [0, 0.05) is 6.04 Å². The standard InChI is InChI=1S/C29H59NO2.Li/c1-4-7-9-11-13-15-17-19-21-23-26-30(28(25-6-3)29(31)32)27-24-22-20-18-16-14-12-10-8-5-2;/h28H,4-27H2,1-3H3,(H,31,32);/q;+1/p-1. The Labute approximate surface area is 220 Å². The van der Waals surface area contributed by atoms with Crippen molar-refractivity contribution in [3.63, 3.8) is 0 Å². The molecule has 0 aliphatic rings. The molecule has 0 rings (SSSR count). The van der Waals surface area contributed by atoms with Gasteiger partial charge in [0.2, 0.25) is 0 Å². The van der Waals surface area contributed by atoms with E-state index < -0.39 is 12.0 Å². The van der Waals surface area contributed by atoms with Gasteiger partial charge in [0.15, 0.2) is 0 Å². The summed E-state index contributed by atoms with van der Waals surface area (Å²) in [5.41, 5.74) is 0. The van der Waals surface area contributed by atoms with Crippen LogP contribution in [0.3, 0.4) is 0 Å². The van der Waals surface area contributed by atoms with Crippen LogP contribution in [0.15, 0.2) is 0 Å². The second kappa shape index (κ2) is 28.3. The summed E-state index contributed by atoms with van der Waals surface area (Å²) in [4.78, 5) is 14.0. The van der Waals surface area contributed by atoms with Crippen LogP contribution in [0.25, 0.3) is 0 Å². The maximum atomic E-state index is 11.7. The van der Waals surface area contributed by atoms with Gasteiger partial charge in [-0.1, -0.05) is 143 Å². The fraction of sp³-hybridized carbons (Fsp3) is 0.966. The van der Waals surface area contributed by atoms with Crippen LogP contribution >= 0.6 is 0 Å². The van der Waals surface area contributed by atoms with Gasteiger partial charge in [-0.2, -0.15) is 0 Å². The molecule has 3 nitrogen and oxygen atoms in total. The minimum absolute atomic E-state index is 0. The SMILES string of the molecule is CCCCCCCCCCCCN(CCCCCCCCCCCC)C(CCC)C(=O)[O-].[Li+]. The molecule has 33 heavy (non-hydrogen) atoms. The van der Waals surface area contributed by atoms with Crippen LogP contribution in [0, 0.1) is 0 Å². The number of aliphatic carboxylic acids is 1. The fourth-order valence-electron chi connectivity index (χ4n) is 4.75. The number of hydrogen-bond acceptors (Lipinski definition) is 3. The van der Waals surface area contributed by atoms with Crippen LogP contribution in [0.1, 0.15) is 162 Å². The molecule has 0 amide bonds. The number of carbonyl (C=O) groups is 1. The summed E-state index contributed by atoms with van der Waals surface area (Å²) < 4.78 is 0. The first-order valence-corrected chi connectivity index (χ1v) is 14.6. The number of unbranched alkanes of at least 4 members (excludes halogenated alkanes) is 18. The van der Waals surface area contributed by atoms with Crippen LogP contribution in [0.5, 0.6) is 0 Å². The Morgan fingerprint density at radius 1 is 0.545 bits per heavy atom. The largest absolute Gasteiger partial charge is 1.00 e. The van der Waals surface area contributed by atoms with Gasteiger partial charge >= 0.3 is 18.9 Å². The second-order valence-electron chi connectivity index (χ2n) is 10.0. The quantitative estimate of drug-likeness (QED) is 0.134. The Balaban J connectivity index is 0. The number of hydrogen-bond donors (Lipinski definition) is 0. The molecule has 0 N–H and O–H groups in total. The number of rotatable bonds is 26. The molecule has 0 aliphatic carbocycles. The van der Waals surface area contributed by atoms with Crippen LogP contribution in [0.2, 0.25) is 0 Å².